The highest BCUT2D eigenvalue weighted by molar-refractivity contribution is 5.79. The summed E-state index contributed by atoms with van der Waals surface area (Å²) in [5.74, 6) is 0.517. The Morgan fingerprint density at radius 3 is 2.93 bits per heavy atom. The molecule has 1 unspecified atom stereocenters. The van der Waals surface area contributed by atoms with E-state index in [-0.39, 0.29) is 5.91 Å². The van der Waals surface area contributed by atoms with Crippen LogP contribution in [0.5, 0.6) is 0 Å². The molecule has 4 heteroatoms. The van der Waals surface area contributed by atoms with Gasteiger partial charge in [-0.1, -0.05) is 6.42 Å². The van der Waals surface area contributed by atoms with Crippen LogP contribution < -0.4 is 10.6 Å². The van der Waals surface area contributed by atoms with Crippen molar-refractivity contribution in [2.24, 2.45) is 5.92 Å². The fourth-order valence-corrected chi connectivity index (χ4v) is 1.79. The Morgan fingerprint density at radius 2 is 2.36 bits per heavy atom. The minimum absolute atomic E-state index is 0.226. The molecule has 1 amide bonds. The van der Waals surface area contributed by atoms with Gasteiger partial charge in [0.25, 0.3) is 0 Å². The summed E-state index contributed by atoms with van der Waals surface area (Å²) in [5.41, 5.74) is 0. The fourth-order valence-electron chi connectivity index (χ4n) is 1.79. The molecule has 0 spiro atoms. The molecule has 1 saturated heterocycles. The summed E-state index contributed by atoms with van der Waals surface area (Å²) in [5, 5.41) is 6.28. The van der Waals surface area contributed by atoms with E-state index in [0.29, 0.717) is 25.1 Å². The van der Waals surface area contributed by atoms with Crippen LogP contribution in [0.25, 0.3) is 0 Å². The van der Waals surface area contributed by atoms with Crippen LogP contribution in [0.4, 0.5) is 0 Å². The molecule has 1 heterocycles. The zero-order valence-electron chi connectivity index (χ0n) is 8.42. The molecule has 0 aromatic carbocycles. The second kappa shape index (κ2) is 4.75. The summed E-state index contributed by atoms with van der Waals surface area (Å²) >= 11 is 0. The van der Waals surface area contributed by atoms with Crippen molar-refractivity contribution in [2.75, 3.05) is 26.3 Å². The summed E-state index contributed by atoms with van der Waals surface area (Å²) in [7, 11) is 0. The molecule has 2 fully saturated rings. The minimum Gasteiger partial charge on any atom is -0.378 e. The van der Waals surface area contributed by atoms with Gasteiger partial charge >= 0.3 is 0 Å². The largest absolute Gasteiger partial charge is 0.378 e. The lowest BCUT2D eigenvalue weighted by atomic mass is 9.85. The highest BCUT2D eigenvalue weighted by Crippen LogP contribution is 2.25. The van der Waals surface area contributed by atoms with Crippen LogP contribution in [-0.2, 0) is 9.53 Å². The van der Waals surface area contributed by atoms with Gasteiger partial charge in [-0.05, 0) is 12.8 Å². The summed E-state index contributed by atoms with van der Waals surface area (Å²) in [4.78, 5) is 11.5. The van der Waals surface area contributed by atoms with E-state index in [1.807, 2.05) is 0 Å². The molecular weight excluding hydrogens is 180 g/mol. The van der Waals surface area contributed by atoms with Gasteiger partial charge in [-0.3, -0.25) is 4.79 Å². The predicted molar refractivity (Wildman–Crippen MR) is 53.0 cm³/mol. The Hall–Kier alpha value is -0.610. The molecule has 1 saturated carbocycles. The van der Waals surface area contributed by atoms with E-state index in [2.05, 4.69) is 10.6 Å². The van der Waals surface area contributed by atoms with Gasteiger partial charge in [-0.2, -0.15) is 0 Å². The van der Waals surface area contributed by atoms with Crippen molar-refractivity contribution in [1.82, 2.24) is 10.6 Å². The molecule has 1 aliphatic heterocycles. The molecule has 2 rings (SSSR count). The topological polar surface area (TPSA) is 50.4 Å². The summed E-state index contributed by atoms with van der Waals surface area (Å²) in [6.07, 6.45) is 3.35. The number of ether oxygens (including phenoxy) is 1. The molecule has 80 valence electrons. The molecule has 0 aromatic rings. The average molecular weight is 198 g/mol. The van der Waals surface area contributed by atoms with E-state index >= 15 is 0 Å². The Balaban J connectivity index is 1.62. The van der Waals surface area contributed by atoms with Crippen molar-refractivity contribution in [3.05, 3.63) is 0 Å². The molecule has 1 aliphatic carbocycles. The van der Waals surface area contributed by atoms with E-state index < -0.39 is 0 Å². The third-order valence-corrected chi connectivity index (χ3v) is 3.00. The monoisotopic (exact) mass is 198 g/mol. The van der Waals surface area contributed by atoms with E-state index in [1.54, 1.807) is 0 Å². The molecule has 2 N–H and O–H groups in total. The van der Waals surface area contributed by atoms with E-state index in [9.17, 15) is 4.79 Å². The first-order chi connectivity index (χ1) is 6.86. The first-order valence-corrected chi connectivity index (χ1v) is 5.45. The Labute approximate surface area is 84.4 Å². The molecule has 0 bridgehead atoms. The Morgan fingerprint density at radius 1 is 1.50 bits per heavy atom. The fraction of sp³-hybridized carbons (Fsp3) is 0.900. The standard InChI is InChI=1S/C10H18N2O2/c13-10(8-2-1-3-8)12-6-9-7-14-5-4-11-9/h8-9,11H,1-7H2,(H,12,13). The minimum atomic E-state index is 0.226. The maximum Gasteiger partial charge on any atom is 0.223 e. The first-order valence-electron chi connectivity index (χ1n) is 5.45. The van der Waals surface area contributed by atoms with Gasteiger partial charge in [0.2, 0.25) is 5.91 Å². The normalized spacial score (nSPS) is 28.1. The quantitative estimate of drug-likeness (QED) is 0.665. The van der Waals surface area contributed by atoms with Gasteiger partial charge in [0.1, 0.15) is 0 Å². The van der Waals surface area contributed by atoms with Crippen molar-refractivity contribution in [1.29, 1.82) is 0 Å². The first kappa shape index (κ1) is 9.93. The second-order valence-corrected chi connectivity index (χ2v) is 4.10. The Kier molecular flexibility index (Phi) is 3.37. The van der Waals surface area contributed by atoms with Gasteiger partial charge in [0, 0.05) is 25.0 Å². The van der Waals surface area contributed by atoms with Crippen molar-refractivity contribution in [2.45, 2.75) is 25.3 Å². The lowest BCUT2D eigenvalue weighted by Crippen LogP contribution is -2.49. The van der Waals surface area contributed by atoms with Crippen molar-refractivity contribution in [3.63, 3.8) is 0 Å². The van der Waals surface area contributed by atoms with Gasteiger partial charge in [-0.15, -0.1) is 0 Å². The number of nitrogens with one attached hydrogen (secondary N) is 2. The van der Waals surface area contributed by atoms with Crippen molar-refractivity contribution < 1.29 is 9.53 Å². The van der Waals surface area contributed by atoms with E-state index in [4.69, 9.17) is 4.74 Å². The van der Waals surface area contributed by atoms with E-state index in [0.717, 1.165) is 26.0 Å². The number of hydrogen-bond acceptors (Lipinski definition) is 3. The third-order valence-electron chi connectivity index (χ3n) is 3.00. The number of carbonyl (C=O) groups excluding carboxylic acids is 1. The predicted octanol–water partition coefficient (Wildman–Crippen LogP) is -0.109. The number of amides is 1. The molecule has 14 heavy (non-hydrogen) atoms. The summed E-state index contributed by atoms with van der Waals surface area (Å²) in [6.45, 7) is 3.09. The lowest BCUT2D eigenvalue weighted by Gasteiger charge is -2.27. The lowest BCUT2D eigenvalue weighted by molar-refractivity contribution is -0.127. The molecule has 2 aliphatic rings. The number of morpholine rings is 1. The van der Waals surface area contributed by atoms with Gasteiger partial charge in [-0.25, -0.2) is 0 Å². The SMILES string of the molecule is O=C(NCC1COCCN1)C1CCC1. The second-order valence-electron chi connectivity index (χ2n) is 4.10. The molecular formula is C10H18N2O2. The number of hydrogen-bond donors (Lipinski definition) is 2. The molecule has 4 nitrogen and oxygen atoms in total. The zero-order valence-corrected chi connectivity index (χ0v) is 8.42. The van der Waals surface area contributed by atoms with Crippen LogP contribution in [0.2, 0.25) is 0 Å². The van der Waals surface area contributed by atoms with Gasteiger partial charge in [0.15, 0.2) is 0 Å². The maximum atomic E-state index is 11.5. The maximum absolute atomic E-state index is 11.5. The highest BCUT2D eigenvalue weighted by atomic mass is 16.5. The van der Waals surface area contributed by atoms with Crippen LogP contribution in [0.3, 0.4) is 0 Å². The summed E-state index contributed by atoms with van der Waals surface area (Å²) in [6, 6.07) is 0.299. The zero-order chi connectivity index (χ0) is 9.80. The molecule has 0 aromatic heterocycles. The summed E-state index contributed by atoms with van der Waals surface area (Å²) < 4.78 is 5.30. The number of carbonyl (C=O) groups is 1. The van der Waals surface area contributed by atoms with Crippen LogP contribution in [-0.4, -0.2) is 38.3 Å². The van der Waals surface area contributed by atoms with Crippen LogP contribution in [0, 0.1) is 5.92 Å². The highest BCUT2D eigenvalue weighted by Gasteiger charge is 2.25. The molecule has 1 atom stereocenters. The Bertz CT molecular complexity index is 198. The van der Waals surface area contributed by atoms with Gasteiger partial charge < -0.3 is 15.4 Å². The number of rotatable bonds is 3. The van der Waals surface area contributed by atoms with Crippen molar-refractivity contribution in [3.8, 4) is 0 Å². The molecule has 0 radical (unpaired) electrons. The average Bonchev–Trinajstić information content (AvgIpc) is 2.14. The van der Waals surface area contributed by atoms with Crippen LogP contribution in [0.15, 0.2) is 0 Å². The van der Waals surface area contributed by atoms with Gasteiger partial charge in [0.05, 0.1) is 13.2 Å². The van der Waals surface area contributed by atoms with Crippen LogP contribution in [0.1, 0.15) is 19.3 Å². The third kappa shape index (κ3) is 2.45. The van der Waals surface area contributed by atoms with Crippen LogP contribution >= 0.6 is 0 Å². The smallest absolute Gasteiger partial charge is 0.223 e. The van der Waals surface area contributed by atoms with E-state index in [1.165, 1.54) is 6.42 Å². The van der Waals surface area contributed by atoms with Crippen molar-refractivity contribution >= 4 is 5.91 Å².